The van der Waals surface area contributed by atoms with Crippen molar-refractivity contribution in [3.8, 4) is 22.5 Å². The molecule has 0 atom stereocenters. The van der Waals surface area contributed by atoms with E-state index in [1.54, 1.807) is 0 Å². The van der Waals surface area contributed by atoms with Crippen LogP contribution in [0.15, 0.2) is 65.2 Å². The molecule has 34 heavy (non-hydrogen) atoms. The van der Waals surface area contributed by atoms with Crippen LogP contribution in [0.4, 0.5) is 0 Å². The summed E-state index contributed by atoms with van der Waals surface area (Å²) in [5, 5.41) is 2.10. The van der Waals surface area contributed by atoms with E-state index >= 15 is 0 Å². The van der Waals surface area contributed by atoms with Gasteiger partial charge >= 0.3 is 0 Å². The standard InChI is InChI=1S/C31H32N2O/c1-7-31(6,8-2)25-18-32-27(17-21(25)5)24-14-10-13-22-23-15-16-26(33-30(23)34-29(22)24)28-19(3)11-9-12-20(28)4/h9-18H,7-8H2,1-6H3. The monoisotopic (exact) mass is 448 g/mol. The lowest BCUT2D eigenvalue weighted by atomic mass is 9.76. The van der Waals surface area contributed by atoms with Gasteiger partial charge in [-0.25, -0.2) is 4.98 Å². The van der Waals surface area contributed by atoms with E-state index in [1.165, 1.54) is 27.8 Å². The summed E-state index contributed by atoms with van der Waals surface area (Å²) in [5.74, 6) is 0. The van der Waals surface area contributed by atoms with Crippen LogP contribution < -0.4 is 0 Å². The second-order valence-electron chi connectivity index (χ2n) is 9.75. The molecule has 0 radical (unpaired) electrons. The van der Waals surface area contributed by atoms with Gasteiger partial charge in [0.25, 0.3) is 0 Å². The predicted octanol–water partition coefficient (Wildman–Crippen LogP) is 8.71. The maximum Gasteiger partial charge on any atom is 0.227 e. The molecule has 0 aliphatic carbocycles. The minimum absolute atomic E-state index is 0.148. The fourth-order valence-corrected chi connectivity index (χ4v) is 5.20. The molecule has 0 spiro atoms. The van der Waals surface area contributed by atoms with Crippen LogP contribution in [0.2, 0.25) is 0 Å². The highest BCUT2D eigenvalue weighted by atomic mass is 16.3. The van der Waals surface area contributed by atoms with Gasteiger partial charge in [0, 0.05) is 28.1 Å². The molecule has 0 unspecified atom stereocenters. The highest BCUT2D eigenvalue weighted by molar-refractivity contribution is 6.08. The fraction of sp³-hybridized carbons (Fsp3) is 0.290. The third kappa shape index (κ3) is 3.51. The van der Waals surface area contributed by atoms with E-state index in [9.17, 15) is 0 Å². The van der Waals surface area contributed by atoms with Gasteiger partial charge in [-0.3, -0.25) is 4.98 Å². The summed E-state index contributed by atoms with van der Waals surface area (Å²) in [6, 6.07) is 19.1. The van der Waals surface area contributed by atoms with Gasteiger partial charge < -0.3 is 4.42 Å². The zero-order chi connectivity index (χ0) is 24.0. The molecule has 0 fully saturated rings. The van der Waals surface area contributed by atoms with Crippen LogP contribution in [0.1, 0.15) is 55.9 Å². The summed E-state index contributed by atoms with van der Waals surface area (Å²) in [6.45, 7) is 13.3. The van der Waals surface area contributed by atoms with Gasteiger partial charge in [0.2, 0.25) is 5.71 Å². The Bertz CT molecular complexity index is 1500. The molecule has 3 nitrogen and oxygen atoms in total. The molecule has 0 amide bonds. The molecular formula is C31H32N2O. The van der Waals surface area contributed by atoms with Crippen LogP contribution in [0.25, 0.3) is 44.6 Å². The Morgan fingerprint density at radius 3 is 2.18 bits per heavy atom. The van der Waals surface area contributed by atoms with Crippen molar-refractivity contribution in [1.29, 1.82) is 0 Å². The van der Waals surface area contributed by atoms with Gasteiger partial charge in [0.1, 0.15) is 5.58 Å². The van der Waals surface area contributed by atoms with E-state index in [2.05, 4.69) is 102 Å². The molecule has 0 aliphatic heterocycles. The van der Waals surface area contributed by atoms with Gasteiger partial charge in [0.15, 0.2) is 0 Å². The van der Waals surface area contributed by atoms with E-state index in [-0.39, 0.29) is 5.41 Å². The quantitative estimate of drug-likeness (QED) is 0.270. The molecule has 172 valence electrons. The second kappa shape index (κ2) is 8.39. The van der Waals surface area contributed by atoms with E-state index in [4.69, 9.17) is 14.4 Å². The molecular weight excluding hydrogens is 416 g/mol. The lowest BCUT2D eigenvalue weighted by Crippen LogP contribution is -2.21. The molecule has 3 aromatic heterocycles. The van der Waals surface area contributed by atoms with Crippen molar-refractivity contribution in [2.24, 2.45) is 0 Å². The number of aromatic nitrogens is 2. The molecule has 3 heterocycles. The lowest BCUT2D eigenvalue weighted by molar-refractivity contribution is 0.435. The maximum atomic E-state index is 6.41. The molecule has 5 aromatic rings. The first-order chi connectivity index (χ1) is 16.4. The number of para-hydroxylation sites is 1. The molecule has 3 heteroatoms. The van der Waals surface area contributed by atoms with Crippen LogP contribution in [-0.2, 0) is 5.41 Å². The number of pyridine rings is 2. The fourth-order valence-electron chi connectivity index (χ4n) is 5.20. The molecule has 0 N–H and O–H groups in total. The number of rotatable bonds is 5. The number of hydrogen-bond donors (Lipinski definition) is 0. The minimum atomic E-state index is 0.148. The van der Waals surface area contributed by atoms with Crippen LogP contribution in [-0.4, -0.2) is 9.97 Å². The number of hydrogen-bond acceptors (Lipinski definition) is 3. The normalized spacial score (nSPS) is 12.1. The van der Waals surface area contributed by atoms with Gasteiger partial charge in [-0.15, -0.1) is 0 Å². The summed E-state index contributed by atoms with van der Waals surface area (Å²) < 4.78 is 6.41. The zero-order valence-corrected chi connectivity index (χ0v) is 21.0. The predicted molar refractivity (Wildman–Crippen MR) is 142 cm³/mol. The topological polar surface area (TPSA) is 38.9 Å². The SMILES string of the molecule is CCC(C)(CC)c1cnc(-c2cccc3c2oc2nc(-c4c(C)cccc4C)ccc23)cc1C. The van der Waals surface area contributed by atoms with Gasteiger partial charge in [-0.05, 0) is 85.5 Å². The van der Waals surface area contributed by atoms with Crippen molar-refractivity contribution >= 4 is 22.1 Å². The van der Waals surface area contributed by atoms with E-state index in [0.29, 0.717) is 5.71 Å². The van der Waals surface area contributed by atoms with Gasteiger partial charge in [-0.1, -0.05) is 51.1 Å². The molecule has 0 aliphatic rings. The maximum absolute atomic E-state index is 6.41. The number of fused-ring (bicyclic) bond motifs is 3. The summed E-state index contributed by atoms with van der Waals surface area (Å²) in [5.41, 5.74) is 10.8. The Morgan fingerprint density at radius 2 is 1.50 bits per heavy atom. The van der Waals surface area contributed by atoms with Crippen molar-refractivity contribution < 1.29 is 4.42 Å². The highest BCUT2D eigenvalue weighted by Crippen LogP contribution is 2.38. The molecule has 5 rings (SSSR count). The molecule has 0 saturated heterocycles. The number of furan rings is 1. The first-order valence-electron chi connectivity index (χ1n) is 12.2. The van der Waals surface area contributed by atoms with Crippen molar-refractivity contribution in [3.63, 3.8) is 0 Å². The minimum Gasteiger partial charge on any atom is -0.437 e. The Labute approximate surface area is 201 Å². The Morgan fingerprint density at radius 1 is 0.794 bits per heavy atom. The van der Waals surface area contributed by atoms with Crippen molar-refractivity contribution in [1.82, 2.24) is 9.97 Å². The van der Waals surface area contributed by atoms with E-state index in [0.717, 1.165) is 46.1 Å². The third-order valence-corrected chi connectivity index (χ3v) is 7.70. The molecule has 0 bridgehead atoms. The first-order valence-corrected chi connectivity index (χ1v) is 12.2. The number of benzene rings is 2. The Balaban J connectivity index is 1.66. The van der Waals surface area contributed by atoms with Gasteiger partial charge in [0.05, 0.1) is 11.4 Å². The highest BCUT2D eigenvalue weighted by Gasteiger charge is 2.25. The van der Waals surface area contributed by atoms with E-state index < -0.39 is 0 Å². The second-order valence-corrected chi connectivity index (χ2v) is 9.75. The van der Waals surface area contributed by atoms with Crippen molar-refractivity contribution in [2.45, 2.75) is 59.8 Å². The zero-order valence-electron chi connectivity index (χ0n) is 21.0. The average Bonchev–Trinajstić information content (AvgIpc) is 3.21. The van der Waals surface area contributed by atoms with Crippen LogP contribution in [0, 0.1) is 20.8 Å². The number of aryl methyl sites for hydroxylation is 3. The van der Waals surface area contributed by atoms with Crippen molar-refractivity contribution in [2.75, 3.05) is 0 Å². The van der Waals surface area contributed by atoms with Crippen LogP contribution in [0.5, 0.6) is 0 Å². The van der Waals surface area contributed by atoms with E-state index in [1.807, 2.05) is 0 Å². The third-order valence-electron chi connectivity index (χ3n) is 7.70. The van der Waals surface area contributed by atoms with Crippen LogP contribution in [0.3, 0.4) is 0 Å². The van der Waals surface area contributed by atoms with Crippen LogP contribution >= 0.6 is 0 Å². The van der Waals surface area contributed by atoms with Crippen molar-refractivity contribution in [3.05, 3.63) is 83.0 Å². The Kier molecular flexibility index (Phi) is 5.51. The average molecular weight is 449 g/mol. The summed E-state index contributed by atoms with van der Waals surface area (Å²) in [4.78, 5) is 9.84. The summed E-state index contributed by atoms with van der Waals surface area (Å²) >= 11 is 0. The van der Waals surface area contributed by atoms with Gasteiger partial charge in [-0.2, -0.15) is 0 Å². The number of nitrogens with zero attached hydrogens (tertiary/aromatic N) is 2. The Hall–Kier alpha value is -3.46. The summed E-state index contributed by atoms with van der Waals surface area (Å²) in [7, 11) is 0. The molecule has 2 aromatic carbocycles. The largest absolute Gasteiger partial charge is 0.437 e. The smallest absolute Gasteiger partial charge is 0.227 e. The lowest BCUT2D eigenvalue weighted by Gasteiger charge is -2.29. The summed E-state index contributed by atoms with van der Waals surface area (Å²) in [6.07, 6.45) is 4.26. The molecule has 0 saturated carbocycles. The first kappa shape index (κ1) is 22.3.